The van der Waals surface area contributed by atoms with Gasteiger partial charge in [0.2, 0.25) is 18.0 Å². The molecule has 1 spiro atoms. The summed E-state index contributed by atoms with van der Waals surface area (Å²) in [6.07, 6.45) is 1.58. The first-order chi connectivity index (χ1) is 17.6. The molecular weight excluding hydrogens is 483 g/mol. The van der Waals surface area contributed by atoms with Crippen molar-refractivity contribution in [1.82, 2.24) is 5.32 Å². The van der Waals surface area contributed by atoms with E-state index in [1.807, 2.05) is 19.9 Å². The number of halogens is 1. The Kier molecular flexibility index (Phi) is 7.00. The van der Waals surface area contributed by atoms with E-state index in [9.17, 15) is 19.2 Å². The van der Waals surface area contributed by atoms with Gasteiger partial charge in [0.25, 0.3) is 0 Å². The molecule has 1 aromatic carbocycles. The number of esters is 1. The first-order valence-corrected chi connectivity index (χ1v) is 13.0. The summed E-state index contributed by atoms with van der Waals surface area (Å²) >= 11 is 0. The number of nitriles is 1. The highest BCUT2D eigenvalue weighted by Crippen LogP contribution is 2.60. The molecule has 1 aliphatic carbocycles. The van der Waals surface area contributed by atoms with Crippen molar-refractivity contribution in [3.8, 4) is 6.07 Å². The van der Waals surface area contributed by atoms with Gasteiger partial charge in [-0.3, -0.25) is 9.59 Å². The van der Waals surface area contributed by atoms with Crippen molar-refractivity contribution in [2.24, 2.45) is 23.7 Å². The number of hydrogen-bond donors (Lipinski definition) is 1. The Bertz CT molecular complexity index is 1080. The van der Waals surface area contributed by atoms with Crippen LogP contribution >= 0.6 is 0 Å². The Hall–Kier alpha value is -2.58. The van der Waals surface area contributed by atoms with Crippen molar-refractivity contribution in [3.63, 3.8) is 0 Å². The monoisotopic (exact) mass is 516 g/mol. The molecular formula is C27H33FN2O7. The van der Waals surface area contributed by atoms with Gasteiger partial charge in [-0.05, 0) is 55.7 Å². The number of carbonyl (C=O) groups excluding carboxylic acids is 2. The summed E-state index contributed by atoms with van der Waals surface area (Å²) in [6.45, 7) is 6.04. The van der Waals surface area contributed by atoms with Gasteiger partial charge in [-0.25, -0.2) is 14.2 Å². The maximum Gasteiger partial charge on any atom is 0.308 e. The van der Waals surface area contributed by atoms with Crippen molar-refractivity contribution >= 4 is 11.9 Å². The Balaban J connectivity index is 1.20. The van der Waals surface area contributed by atoms with Crippen molar-refractivity contribution in [1.29, 1.82) is 5.26 Å². The number of hydrogen-bond acceptors (Lipinski definition) is 8. The largest absolute Gasteiger partial charge is 0.435 e. The molecule has 0 aromatic heterocycles. The standard InChI is InChI=1S/C27H33FN2O7/c1-15-4-9-20-16(2)24(34-25-27(20)19(15)12-13-26(3,35-25)36-37-27)33-23(32)11-10-22(31)30-21(14-29)17-5-7-18(28)8-6-17/h5-8,15-16,19-21,24-25H,4,9-13H2,1-3H3,(H,30,31)/t15-,16-,19?,20?,21?,24-,25-,26+,27-/m1/s1. The molecule has 4 saturated heterocycles. The molecule has 0 radical (unpaired) electrons. The predicted octanol–water partition coefficient (Wildman–Crippen LogP) is 4.04. The number of nitrogens with one attached hydrogen (secondary N) is 1. The molecule has 1 N–H and O–H groups in total. The van der Waals surface area contributed by atoms with E-state index in [-0.39, 0.29) is 30.6 Å². The van der Waals surface area contributed by atoms with Crippen molar-refractivity contribution in [3.05, 3.63) is 35.6 Å². The fraction of sp³-hybridized carbons (Fsp3) is 0.667. The number of amides is 1. The zero-order valence-corrected chi connectivity index (χ0v) is 21.3. The van der Waals surface area contributed by atoms with Gasteiger partial charge in [0.15, 0.2) is 11.9 Å². The summed E-state index contributed by atoms with van der Waals surface area (Å²) < 4.78 is 31.4. The lowest BCUT2D eigenvalue weighted by Gasteiger charge is -2.59. The molecule has 5 fully saturated rings. The van der Waals surface area contributed by atoms with Gasteiger partial charge in [0, 0.05) is 24.7 Å². The number of ether oxygens (including phenoxy) is 3. The minimum Gasteiger partial charge on any atom is -0.435 e. The lowest BCUT2D eigenvalue weighted by molar-refractivity contribution is -0.576. The van der Waals surface area contributed by atoms with Gasteiger partial charge in [0.1, 0.15) is 11.9 Å². The van der Waals surface area contributed by atoms with Gasteiger partial charge in [-0.1, -0.05) is 26.0 Å². The van der Waals surface area contributed by atoms with Crippen LogP contribution in [0, 0.1) is 40.8 Å². The number of carbonyl (C=O) groups is 2. The van der Waals surface area contributed by atoms with Crippen LogP contribution in [0.5, 0.6) is 0 Å². The highest BCUT2D eigenvalue weighted by atomic mass is 19.1. The molecule has 3 unspecified atom stereocenters. The van der Waals surface area contributed by atoms with E-state index < -0.39 is 47.7 Å². The van der Waals surface area contributed by atoms with Crippen molar-refractivity contribution < 1.29 is 38.0 Å². The first-order valence-electron chi connectivity index (χ1n) is 13.0. The minimum absolute atomic E-state index is 0.0169. The molecule has 4 heterocycles. The SMILES string of the molecule is C[C@@H]1CCC2[C@@H](C)[C@H](OC(=O)CCC(=O)NC(C#N)c3ccc(F)cc3)O[C@@H]3O[C@]4(C)CCC1[C@@]23OO4. The molecule has 9 atom stereocenters. The lowest BCUT2D eigenvalue weighted by atomic mass is 9.58. The highest BCUT2D eigenvalue weighted by Gasteiger charge is 2.69. The van der Waals surface area contributed by atoms with E-state index in [1.165, 1.54) is 24.3 Å². The zero-order valence-electron chi connectivity index (χ0n) is 21.3. The van der Waals surface area contributed by atoms with Crippen LogP contribution in [0.15, 0.2) is 24.3 Å². The normalized spacial score (nSPS) is 39.0. The van der Waals surface area contributed by atoms with Gasteiger partial charge >= 0.3 is 5.97 Å². The molecule has 6 rings (SSSR count). The van der Waals surface area contributed by atoms with E-state index in [0.717, 1.165) is 19.3 Å². The molecule has 5 aliphatic rings. The smallest absolute Gasteiger partial charge is 0.308 e. The third-order valence-electron chi connectivity index (χ3n) is 8.54. The van der Waals surface area contributed by atoms with Gasteiger partial charge < -0.3 is 19.5 Å². The second-order valence-corrected chi connectivity index (χ2v) is 10.9. The molecule has 200 valence electrons. The molecule has 10 heteroatoms. The van der Waals surface area contributed by atoms with Crippen LogP contribution in [0.3, 0.4) is 0 Å². The van der Waals surface area contributed by atoms with Crippen LogP contribution in [0.1, 0.15) is 70.9 Å². The third kappa shape index (κ3) is 4.74. The molecule has 4 aliphatic heterocycles. The van der Waals surface area contributed by atoms with E-state index in [1.54, 1.807) is 0 Å². The second kappa shape index (κ2) is 9.95. The van der Waals surface area contributed by atoms with Crippen LogP contribution in [-0.2, 0) is 33.6 Å². The molecule has 37 heavy (non-hydrogen) atoms. The van der Waals surface area contributed by atoms with Crippen molar-refractivity contribution in [2.45, 2.75) is 89.3 Å². The molecule has 2 bridgehead atoms. The average Bonchev–Trinajstić information content (AvgIpc) is 3.11. The van der Waals surface area contributed by atoms with Crippen LogP contribution in [0.2, 0.25) is 0 Å². The summed E-state index contributed by atoms with van der Waals surface area (Å²) in [5, 5.41) is 11.9. The zero-order chi connectivity index (χ0) is 26.4. The quantitative estimate of drug-likeness (QED) is 0.445. The molecule has 1 amide bonds. The van der Waals surface area contributed by atoms with Gasteiger partial charge in [0.05, 0.1) is 12.5 Å². The van der Waals surface area contributed by atoms with E-state index in [2.05, 4.69) is 12.2 Å². The lowest BCUT2D eigenvalue weighted by Crippen LogP contribution is -2.70. The Morgan fingerprint density at radius 2 is 1.92 bits per heavy atom. The highest BCUT2D eigenvalue weighted by molar-refractivity contribution is 5.81. The van der Waals surface area contributed by atoms with E-state index >= 15 is 0 Å². The van der Waals surface area contributed by atoms with Crippen LogP contribution in [-0.4, -0.2) is 35.8 Å². The second-order valence-electron chi connectivity index (χ2n) is 10.9. The van der Waals surface area contributed by atoms with Crippen LogP contribution in [0.25, 0.3) is 0 Å². The minimum atomic E-state index is -0.949. The van der Waals surface area contributed by atoms with E-state index in [0.29, 0.717) is 17.9 Å². The summed E-state index contributed by atoms with van der Waals surface area (Å²) in [5.74, 6) is -1.95. The molecule has 1 aromatic rings. The topological polar surface area (TPSA) is 116 Å². The Morgan fingerprint density at radius 1 is 1.16 bits per heavy atom. The Morgan fingerprint density at radius 3 is 2.65 bits per heavy atom. The fourth-order valence-corrected chi connectivity index (χ4v) is 6.49. The maximum absolute atomic E-state index is 13.2. The molecule has 9 nitrogen and oxygen atoms in total. The number of nitrogens with zero attached hydrogens (tertiary/aromatic N) is 1. The first kappa shape index (κ1) is 26.0. The number of benzene rings is 1. The van der Waals surface area contributed by atoms with Gasteiger partial charge in [-0.15, -0.1) is 0 Å². The average molecular weight is 517 g/mol. The number of fused-ring (bicyclic) bond motifs is 2. The summed E-state index contributed by atoms with van der Waals surface area (Å²) in [6, 6.07) is 6.32. The third-order valence-corrected chi connectivity index (χ3v) is 8.54. The van der Waals surface area contributed by atoms with Crippen LogP contribution < -0.4 is 5.32 Å². The van der Waals surface area contributed by atoms with Crippen LogP contribution in [0.4, 0.5) is 4.39 Å². The summed E-state index contributed by atoms with van der Waals surface area (Å²) in [4.78, 5) is 37.0. The number of rotatable bonds is 6. The van der Waals surface area contributed by atoms with E-state index in [4.69, 9.17) is 24.0 Å². The maximum atomic E-state index is 13.2. The fourth-order valence-electron chi connectivity index (χ4n) is 6.49. The van der Waals surface area contributed by atoms with Crippen molar-refractivity contribution in [2.75, 3.05) is 0 Å². The van der Waals surface area contributed by atoms with Gasteiger partial charge in [-0.2, -0.15) is 5.26 Å². The Labute approximate surface area is 215 Å². The summed E-state index contributed by atoms with van der Waals surface area (Å²) in [5.41, 5.74) is -0.293. The summed E-state index contributed by atoms with van der Waals surface area (Å²) in [7, 11) is 0. The predicted molar refractivity (Wildman–Crippen MR) is 125 cm³/mol. The molecule has 1 saturated carbocycles.